The van der Waals surface area contributed by atoms with Crippen LogP contribution in [-0.2, 0) is 16.1 Å². The van der Waals surface area contributed by atoms with Crippen LogP contribution >= 0.6 is 0 Å². The Morgan fingerprint density at radius 2 is 1.83 bits per heavy atom. The second-order valence-electron chi connectivity index (χ2n) is 6.16. The Morgan fingerprint density at radius 1 is 1.17 bits per heavy atom. The Morgan fingerprint density at radius 3 is 2.50 bits per heavy atom. The van der Waals surface area contributed by atoms with Crippen LogP contribution in [0.15, 0.2) is 48.5 Å². The van der Waals surface area contributed by atoms with Gasteiger partial charge in [-0.1, -0.05) is 29.8 Å². The van der Waals surface area contributed by atoms with Crippen molar-refractivity contribution < 1.29 is 14.0 Å². The van der Waals surface area contributed by atoms with E-state index in [2.05, 4.69) is 5.32 Å². The maximum atomic E-state index is 12.9. The van der Waals surface area contributed by atoms with Crippen LogP contribution in [0.25, 0.3) is 0 Å². The molecule has 3 rings (SSSR count). The van der Waals surface area contributed by atoms with Crippen molar-refractivity contribution in [3.8, 4) is 0 Å². The summed E-state index contributed by atoms with van der Waals surface area (Å²) in [5.74, 6) is -0.961. The van der Waals surface area contributed by atoms with Crippen molar-refractivity contribution >= 4 is 17.5 Å². The molecule has 124 valence electrons. The zero-order valence-corrected chi connectivity index (χ0v) is 13.5. The fraction of sp³-hybridized carbons (Fsp3) is 0.263. The monoisotopic (exact) mass is 326 g/mol. The first-order valence-electron chi connectivity index (χ1n) is 7.91. The van der Waals surface area contributed by atoms with Gasteiger partial charge in [-0.05, 0) is 36.8 Å². The lowest BCUT2D eigenvalue weighted by molar-refractivity contribution is -0.128. The molecule has 0 aromatic heterocycles. The van der Waals surface area contributed by atoms with E-state index in [4.69, 9.17) is 0 Å². The maximum absolute atomic E-state index is 12.9. The predicted molar refractivity (Wildman–Crippen MR) is 89.7 cm³/mol. The number of hydrogen-bond donors (Lipinski definition) is 1. The lowest BCUT2D eigenvalue weighted by Crippen LogP contribution is -2.28. The van der Waals surface area contributed by atoms with Crippen LogP contribution in [0, 0.1) is 18.7 Å². The summed E-state index contributed by atoms with van der Waals surface area (Å²) in [6.07, 6.45) is 0.207. The summed E-state index contributed by atoms with van der Waals surface area (Å²) in [7, 11) is 0. The Balaban J connectivity index is 1.60. The smallest absolute Gasteiger partial charge is 0.229 e. The molecule has 5 heteroatoms. The Labute approximate surface area is 140 Å². The minimum atomic E-state index is -0.381. The van der Waals surface area contributed by atoms with Crippen molar-refractivity contribution in [2.45, 2.75) is 19.9 Å². The van der Waals surface area contributed by atoms with Gasteiger partial charge in [0.05, 0.1) is 5.92 Å². The molecule has 2 amide bonds. The zero-order chi connectivity index (χ0) is 17.1. The number of anilines is 1. The molecule has 4 nitrogen and oxygen atoms in total. The number of amides is 2. The number of carbonyl (C=O) groups excluding carboxylic acids is 2. The first-order chi connectivity index (χ1) is 11.5. The normalized spacial score (nSPS) is 17.2. The zero-order valence-electron chi connectivity index (χ0n) is 13.5. The quantitative estimate of drug-likeness (QED) is 0.938. The van der Waals surface area contributed by atoms with Gasteiger partial charge >= 0.3 is 0 Å². The summed E-state index contributed by atoms with van der Waals surface area (Å²) in [6.45, 7) is 2.93. The number of nitrogens with zero attached hydrogens (tertiary/aromatic N) is 1. The van der Waals surface area contributed by atoms with Crippen LogP contribution in [0.3, 0.4) is 0 Å². The number of nitrogens with one attached hydrogen (secondary N) is 1. The van der Waals surface area contributed by atoms with E-state index in [0.29, 0.717) is 18.8 Å². The minimum absolute atomic E-state index is 0.0187. The molecule has 0 radical (unpaired) electrons. The van der Waals surface area contributed by atoms with Crippen LogP contribution in [0.1, 0.15) is 17.5 Å². The van der Waals surface area contributed by atoms with E-state index < -0.39 is 0 Å². The maximum Gasteiger partial charge on any atom is 0.229 e. The second kappa shape index (κ2) is 6.83. The highest BCUT2D eigenvalue weighted by Crippen LogP contribution is 2.22. The molecule has 0 bridgehead atoms. The van der Waals surface area contributed by atoms with Gasteiger partial charge in [0.25, 0.3) is 0 Å². The van der Waals surface area contributed by atoms with E-state index in [-0.39, 0.29) is 30.0 Å². The third-order valence-corrected chi connectivity index (χ3v) is 4.19. The molecule has 1 atom stereocenters. The largest absolute Gasteiger partial charge is 0.338 e. The first kappa shape index (κ1) is 16.2. The van der Waals surface area contributed by atoms with Gasteiger partial charge in [0, 0.05) is 25.2 Å². The van der Waals surface area contributed by atoms with Gasteiger partial charge in [-0.25, -0.2) is 4.39 Å². The molecular formula is C19H19FN2O2. The fourth-order valence-corrected chi connectivity index (χ4v) is 2.79. The summed E-state index contributed by atoms with van der Waals surface area (Å²) < 4.78 is 12.9. The van der Waals surface area contributed by atoms with Gasteiger partial charge in [-0.15, -0.1) is 0 Å². The standard InChI is InChI=1S/C19H19FN2O2/c1-13-2-4-14(5-3-13)11-22-12-15(10-18(22)23)19(24)21-17-8-6-16(20)7-9-17/h2-9,15H,10-12H2,1H3,(H,21,24)/t15-/m1/s1. The van der Waals surface area contributed by atoms with Crippen molar-refractivity contribution in [2.75, 3.05) is 11.9 Å². The lowest BCUT2D eigenvalue weighted by Gasteiger charge is -2.17. The number of likely N-dealkylation sites (tertiary alicyclic amines) is 1. The highest BCUT2D eigenvalue weighted by Gasteiger charge is 2.34. The number of aryl methyl sites for hydroxylation is 1. The molecule has 0 aliphatic carbocycles. The minimum Gasteiger partial charge on any atom is -0.338 e. The third-order valence-electron chi connectivity index (χ3n) is 4.19. The molecular weight excluding hydrogens is 307 g/mol. The molecule has 1 aliphatic rings. The summed E-state index contributed by atoms with van der Waals surface area (Å²) in [6, 6.07) is 13.6. The number of carbonyl (C=O) groups is 2. The average molecular weight is 326 g/mol. The molecule has 0 spiro atoms. The Kier molecular flexibility index (Phi) is 4.60. The summed E-state index contributed by atoms with van der Waals surface area (Å²) >= 11 is 0. The fourth-order valence-electron chi connectivity index (χ4n) is 2.79. The molecule has 24 heavy (non-hydrogen) atoms. The van der Waals surface area contributed by atoms with E-state index >= 15 is 0 Å². The molecule has 0 unspecified atom stereocenters. The van der Waals surface area contributed by atoms with E-state index in [1.54, 1.807) is 4.90 Å². The van der Waals surface area contributed by atoms with Gasteiger partial charge < -0.3 is 10.2 Å². The molecule has 2 aromatic carbocycles. The van der Waals surface area contributed by atoms with Crippen LogP contribution in [-0.4, -0.2) is 23.3 Å². The van der Waals surface area contributed by atoms with Crippen molar-refractivity contribution in [1.29, 1.82) is 0 Å². The van der Waals surface area contributed by atoms with Crippen molar-refractivity contribution in [3.05, 3.63) is 65.5 Å². The number of hydrogen-bond acceptors (Lipinski definition) is 2. The van der Waals surface area contributed by atoms with Crippen LogP contribution in [0.2, 0.25) is 0 Å². The van der Waals surface area contributed by atoms with E-state index in [1.807, 2.05) is 31.2 Å². The highest BCUT2D eigenvalue weighted by molar-refractivity contribution is 5.97. The second-order valence-corrected chi connectivity index (χ2v) is 6.16. The number of benzene rings is 2. The van der Waals surface area contributed by atoms with Gasteiger partial charge in [0.1, 0.15) is 5.82 Å². The van der Waals surface area contributed by atoms with Gasteiger partial charge in [-0.3, -0.25) is 9.59 Å². The average Bonchev–Trinajstić information content (AvgIpc) is 2.93. The van der Waals surface area contributed by atoms with Crippen LogP contribution in [0.4, 0.5) is 10.1 Å². The topological polar surface area (TPSA) is 49.4 Å². The predicted octanol–water partition coefficient (Wildman–Crippen LogP) is 3.12. The van der Waals surface area contributed by atoms with Gasteiger partial charge in [0.15, 0.2) is 0 Å². The molecule has 1 aliphatic heterocycles. The lowest BCUT2D eigenvalue weighted by atomic mass is 10.1. The molecule has 2 aromatic rings. The summed E-state index contributed by atoms with van der Waals surface area (Å²) in [4.78, 5) is 26.2. The van der Waals surface area contributed by atoms with E-state index in [1.165, 1.54) is 29.8 Å². The van der Waals surface area contributed by atoms with E-state index in [0.717, 1.165) is 5.56 Å². The van der Waals surface area contributed by atoms with Gasteiger partial charge in [-0.2, -0.15) is 0 Å². The SMILES string of the molecule is Cc1ccc(CN2C[C@H](C(=O)Nc3ccc(F)cc3)CC2=O)cc1. The highest BCUT2D eigenvalue weighted by atomic mass is 19.1. The van der Waals surface area contributed by atoms with Crippen LogP contribution < -0.4 is 5.32 Å². The first-order valence-corrected chi connectivity index (χ1v) is 7.91. The molecule has 1 heterocycles. The molecule has 1 fully saturated rings. The summed E-state index contributed by atoms with van der Waals surface area (Å²) in [5.41, 5.74) is 2.75. The van der Waals surface area contributed by atoms with Gasteiger partial charge in [0.2, 0.25) is 11.8 Å². The van der Waals surface area contributed by atoms with Crippen molar-refractivity contribution in [2.24, 2.45) is 5.92 Å². The third kappa shape index (κ3) is 3.79. The molecule has 0 saturated carbocycles. The van der Waals surface area contributed by atoms with E-state index in [9.17, 15) is 14.0 Å². The number of rotatable bonds is 4. The number of halogens is 1. The van der Waals surface area contributed by atoms with Crippen molar-refractivity contribution in [3.63, 3.8) is 0 Å². The van der Waals surface area contributed by atoms with Crippen molar-refractivity contribution in [1.82, 2.24) is 4.90 Å². The summed E-state index contributed by atoms with van der Waals surface area (Å²) in [5, 5.41) is 2.74. The molecule has 1 N–H and O–H groups in total. The van der Waals surface area contributed by atoms with Crippen LogP contribution in [0.5, 0.6) is 0 Å². The molecule has 1 saturated heterocycles. The Bertz CT molecular complexity index is 741. The Hall–Kier alpha value is -2.69.